The van der Waals surface area contributed by atoms with Gasteiger partial charge < -0.3 is 10.5 Å². The lowest BCUT2D eigenvalue weighted by Gasteiger charge is -2.06. The highest BCUT2D eigenvalue weighted by atomic mass is 32.1. The molecule has 0 aliphatic carbocycles. The fourth-order valence-electron chi connectivity index (χ4n) is 2.12. The van der Waals surface area contributed by atoms with Gasteiger partial charge in [0.1, 0.15) is 5.75 Å². The topological polar surface area (TPSA) is 61.0 Å². The summed E-state index contributed by atoms with van der Waals surface area (Å²) in [5, 5.41) is 1.63. The summed E-state index contributed by atoms with van der Waals surface area (Å²) in [5.74, 6) is 0.817. The molecule has 0 spiro atoms. The third-order valence-electron chi connectivity index (χ3n) is 3.01. The molecule has 19 heavy (non-hydrogen) atoms. The molecule has 0 aliphatic rings. The first-order valence-electron chi connectivity index (χ1n) is 5.85. The van der Waals surface area contributed by atoms with Crippen molar-refractivity contribution < 1.29 is 4.74 Å². The highest BCUT2D eigenvalue weighted by Gasteiger charge is 2.12. The maximum Gasteiger partial charge on any atom is 0.180 e. The monoisotopic (exact) mass is 271 g/mol. The first-order valence-corrected chi connectivity index (χ1v) is 6.66. The predicted molar refractivity (Wildman–Crippen MR) is 78.6 cm³/mol. The standard InChI is InChI=1S/C14H13N3OS/c1-8-13(19-14(15)17-8)10-5-6-16-12-4-3-9(18-2)7-11(10)12/h3-7H,1-2H3,(H2,15,17). The lowest BCUT2D eigenvalue weighted by Crippen LogP contribution is -1.87. The van der Waals surface area contributed by atoms with Crippen LogP contribution in [0.1, 0.15) is 5.69 Å². The first kappa shape index (κ1) is 11.9. The van der Waals surface area contributed by atoms with E-state index in [1.54, 1.807) is 13.3 Å². The van der Waals surface area contributed by atoms with Crippen molar-refractivity contribution in [2.75, 3.05) is 12.8 Å². The van der Waals surface area contributed by atoms with Gasteiger partial charge in [0.25, 0.3) is 0 Å². The lowest BCUT2D eigenvalue weighted by atomic mass is 10.1. The minimum atomic E-state index is 0.584. The molecule has 3 rings (SSSR count). The number of pyridine rings is 1. The Morgan fingerprint density at radius 3 is 2.79 bits per heavy atom. The zero-order valence-electron chi connectivity index (χ0n) is 10.7. The van der Waals surface area contributed by atoms with E-state index in [2.05, 4.69) is 9.97 Å². The van der Waals surface area contributed by atoms with E-state index >= 15 is 0 Å². The van der Waals surface area contributed by atoms with E-state index in [4.69, 9.17) is 10.5 Å². The summed E-state index contributed by atoms with van der Waals surface area (Å²) in [6.07, 6.45) is 1.81. The number of rotatable bonds is 2. The van der Waals surface area contributed by atoms with Gasteiger partial charge in [-0.15, -0.1) is 0 Å². The molecule has 96 valence electrons. The van der Waals surface area contributed by atoms with Crippen LogP contribution in [0.3, 0.4) is 0 Å². The molecule has 0 bridgehead atoms. The van der Waals surface area contributed by atoms with E-state index in [0.717, 1.165) is 32.8 Å². The number of anilines is 1. The van der Waals surface area contributed by atoms with Crippen LogP contribution in [0, 0.1) is 6.92 Å². The Morgan fingerprint density at radius 2 is 2.11 bits per heavy atom. The molecule has 4 nitrogen and oxygen atoms in total. The average molecular weight is 271 g/mol. The Bertz CT molecular complexity index is 752. The van der Waals surface area contributed by atoms with Gasteiger partial charge in [0, 0.05) is 17.1 Å². The van der Waals surface area contributed by atoms with E-state index in [1.165, 1.54) is 11.3 Å². The molecule has 0 radical (unpaired) electrons. The van der Waals surface area contributed by atoms with Gasteiger partial charge in [-0.1, -0.05) is 11.3 Å². The lowest BCUT2D eigenvalue weighted by molar-refractivity contribution is 0.415. The molecule has 0 aliphatic heterocycles. The van der Waals surface area contributed by atoms with Gasteiger partial charge in [0.15, 0.2) is 5.13 Å². The van der Waals surface area contributed by atoms with Crippen LogP contribution in [0.4, 0.5) is 5.13 Å². The highest BCUT2D eigenvalue weighted by molar-refractivity contribution is 7.19. The zero-order valence-corrected chi connectivity index (χ0v) is 11.5. The SMILES string of the molecule is COc1ccc2nccc(-c3sc(N)nc3C)c2c1. The third kappa shape index (κ3) is 2.02. The zero-order chi connectivity index (χ0) is 13.4. The average Bonchev–Trinajstić information content (AvgIpc) is 2.76. The number of fused-ring (bicyclic) bond motifs is 1. The number of hydrogen-bond donors (Lipinski definition) is 1. The first-order chi connectivity index (χ1) is 9.19. The van der Waals surface area contributed by atoms with Crippen LogP contribution in [0.2, 0.25) is 0 Å². The van der Waals surface area contributed by atoms with Crippen molar-refractivity contribution in [1.29, 1.82) is 0 Å². The van der Waals surface area contributed by atoms with E-state index in [-0.39, 0.29) is 0 Å². The molecule has 0 atom stereocenters. The van der Waals surface area contributed by atoms with Crippen LogP contribution in [0.15, 0.2) is 30.5 Å². The number of benzene rings is 1. The summed E-state index contributed by atoms with van der Waals surface area (Å²) in [6, 6.07) is 7.85. The summed E-state index contributed by atoms with van der Waals surface area (Å²) >= 11 is 1.49. The summed E-state index contributed by atoms with van der Waals surface area (Å²) < 4.78 is 5.28. The second-order valence-electron chi connectivity index (χ2n) is 4.21. The Morgan fingerprint density at radius 1 is 1.26 bits per heavy atom. The predicted octanol–water partition coefficient (Wildman–Crippen LogP) is 3.26. The van der Waals surface area contributed by atoms with E-state index < -0.39 is 0 Å². The highest BCUT2D eigenvalue weighted by Crippen LogP contribution is 2.36. The number of nitrogens with zero attached hydrogens (tertiary/aromatic N) is 2. The molecule has 0 saturated carbocycles. The molecule has 1 aromatic carbocycles. The van der Waals surface area contributed by atoms with Gasteiger partial charge in [-0.25, -0.2) is 4.98 Å². The molecule has 0 saturated heterocycles. The fourth-order valence-corrected chi connectivity index (χ4v) is 2.99. The molecule has 0 fully saturated rings. The van der Waals surface area contributed by atoms with Gasteiger partial charge >= 0.3 is 0 Å². The summed E-state index contributed by atoms with van der Waals surface area (Å²) in [5.41, 5.74) is 8.75. The molecule has 0 amide bonds. The van der Waals surface area contributed by atoms with Crippen LogP contribution < -0.4 is 10.5 Å². The molecule has 2 N–H and O–H groups in total. The quantitative estimate of drug-likeness (QED) is 0.777. The van der Waals surface area contributed by atoms with Crippen LogP contribution in [-0.4, -0.2) is 17.1 Å². The number of nitrogen functional groups attached to an aromatic ring is 1. The van der Waals surface area contributed by atoms with Crippen molar-refractivity contribution in [2.45, 2.75) is 6.92 Å². The maximum absolute atomic E-state index is 5.78. The number of hydrogen-bond acceptors (Lipinski definition) is 5. The second kappa shape index (κ2) is 4.51. The minimum absolute atomic E-state index is 0.584. The maximum atomic E-state index is 5.78. The number of aromatic nitrogens is 2. The van der Waals surface area contributed by atoms with Crippen molar-refractivity contribution in [2.24, 2.45) is 0 Å². The third-order valence-corrected chi connectivity index (χ3v) is 4.03. The summed E-state index contributed by atoms with van der Waals surface area (Å²) in [4.78, 5) is 9.74. The van der Waals surface area contributed by atoms with Gasteiger partial charge in [0.2, 0.25) is 0 Å². The van der Waals surface area contributed by atoms with Crippen molar-refractivity contribution in [3.8, 4) is 16.2 Å². The van der Waals surface area contributed by atoms with Crippen molar-refractivity contribution in [1.82, 2.24) is 9.97 Å². The smallest absolute Gasteiger partial charge is 0.180 e. The molecule has 0 unspecified atom stereocenters. The molecule has 2 heterocycles. The van der Waals surface area contributed by atoms with Crippen LogP contribution in [0.5, 0.6) is 5.75 Å². The Hall–Kier alpha value is -2.14. The molecule has 5 heteroatoms. The number of ether oxygens (including phenoxy) is 1. The van der Waals surface area contributed by atoms with Gasteiger partial charge in [-0.05, 0) is 31.2 Å². The van der Waals surface area contributed by atoms with Gasteiger partial charge in [-0.2, -0.15) is 0 Å². The molecule has 3 aromatic rings. The van der Waals surface area contributed by atoms with Crippen molar-refractivity contribution >= 4 is 27.4 Å². The number of nitrogens with two attached hydrogens (primary N) is 1. The Labute approximate surface area is 114 Å². The van der Waals surface area contributed by atoms with Crippen molar-refractivity contribution in [3.05, 3.63) is 36.2 Å². The van der Waals surface area contributed by atoms with Gasteiger partial charge in [0.05, 0.1) is 23.2 Å². The Balaban J connectivity index is 2.31. The molecular formula is C14H13N3OS. The second-order valence-corrected chi connectivity index (χ2v) is 5.24. The van der Waals surface area contributed by atoms with Crippen LogP contribution in [-0.2, 0) is 0 Å². The number of aryl methyl sites for hydroxylation is 1. The van der Waals surface area contributed by atoms with Crippen LogP contribution >= 0.6 is 11.3 Å². The molecule has 2 aromatic heterocycles. The number of thiazole rings is 1. The van der Waals surface area contributed by atoms with Gasteiger partial charge in [-0.3, -0.25) is 4.98 Å². The van der Waals surface area contributed by atoms with E-state index in [0.29, 0.717) is 5.13 Å². The summed E-state index contributed by atoms with van der Waals surface area (Å²) in [6.45, 7) is 1.97. The van der Waals surface area contributed by atoms with E-state index in [1.807, 2.05) is 31.2 Å². The number of methoxy groups -OCH3 is 1. The summed E-state index contributed by atoms with van der Waals surface area (Å²) in [7, 11) is 1.66. The van der Waals surface area contributed by atoms with Crippen molar-refractivity contribution in [3.63, 3.8) is 0 Å². The normalized spacial score (nSPS) is 10.8. The fraction of sp³-hybridized carbons (Fsp3) is 0.143. The van der Waals surface area contributed by atoms with E-state index in [9.17, 15) is 0 Å². The molecular weight excluding hydrogens is 258 g/mol. The minimum Gasteiger partial charge on any atom is -0.497 e. The van der Waals surface area contributed by atoms with Crippen LogP contribution in [0.25, 0.3) is 21.3 Å². The largest absolute Gasteiger partial charge is 0.497 e. The Kier molecular flexibility index (Phi) is 2.83.